The third-order valence-corrected chi connectivity index (χ3v) is 2.63. The highest BCUT2D eigenvalue weighted by Gasteiger charge is 2.06. The lowest BCUT2D eigenvalue weighted by Gasteiger charge is -2.04. The fourth-order valence-corrected chi connectivity index (χ4v) is 1.60. The van der Waals surface area contributed by atoms with Crippen LogP contribution >= 0.6 is 11.6 Å². The van der Waals surface area contributed by atoms with Crippen LogP contribution in [0.15, 0.2) is 48.5 Å². The van der Waals surface area contributed by atoms with Crippen LogP contribution in [0.3, 0.4) is 0 Å². The molecule has 0 spiro atoms. The Morgan fingerprint density at radius 3 is 2.28 bits per heavy atom. The Kier molecular flexibility index (Phi) is 3.85. The molecule has 2 N–H and O–H groups in total. The van der Waals surface area contributed by atoms with Gasteiger partial charge < -0.3 is 10.5 Å². The zero-order valence-electron chi connectivity index (χ0n) is 9.60. The van der Waals surface area contributed by atoms with Gasteiger partial charge in [0.1, 0.15) is 5.75 Å². The summed E-state index contributed by atoms with van der Waals surface area (Å²) < 4.78 is 5.17. The standard InChI is InChI=1S/C14H12ClNO2/c15-11-3-7-13(8-4-11)18-14(17)9-10-1-5-12(16)6-2-10/h1-8H,9,16H2. The van der Waals surface area contributed by atoms with Crippen molar-refractivity contribution in [3.63, 3.8) is 0 Å². The van der Waals surface area contributed by atoms with E-state index < -0.39 is 0 Å². The smallest absolute Gasteiger partial charge is 0.315 e. The van der Waals surface area contributed by atoms with E-state index >= 15 is 0 Å². The summed E-state index contributed by atoms with van der Waals surface area (Å²) in [4.78, 5) is 11.7. The molecule has 0 aliphatic carbocycles. The van der Waals surface area contributed by atoms with Crippen LogP contribution in [0.1, 0.15) is 5.56 Å². The monoisotopic (exact) mass is 261 g/mol. The second-order valence-electron chi connectivity index (χ2n) is 3.85. The average Bonchev–Trinajstić information content (AvgIpc) is 2.35. The first kappa shape index (κ1) is 12.5. The molecule has 3 nitrogen and oxygen atoms in total. The van der Waals surface area contributed by atoms with E-state index in [1.165, 1.54) is 0 Å². The van der Waals surface area contributed by atoms with Gasteiger partial charge in [0.25, 0.3) is 0 Å². The molecule has 18 heavy (non-hydrogen) atoms. The van der Waals surface area contributed by atoms with Crippen LogP contribution in [0, 0.1) is 0 Å². The van der Waals surface area contributed by atoms with Gasteiger partial charge in [0.2, 0.25) is 0 Å². The molecule has 2 rings (SSSR count). The van der Waals surface area contributed by atoms with Crippen LogP contribution in [0.4, 0.5) is 5.69 Å². The summed E-state index contributed by atoms with van der Waals surface area (Å²) in [5, 5.41) is 0.605. The number of nitrogen functional groups attached to an aromatic ring is 1. The van der Waals surface area contributed by atoms with E-state index in [0.29, 0.717) is 16.5 Å². The second kappa shape index (κ2) is 5.56. The van der Waals surface area contributed by atoms with Crippen molar-refractivity contribution in [2.75, 3.05) is 5.73 Å². The molecule has 0 heterocycles. The van der Waals surface area contributed by atoms with Crippen molar-refractivity contribution < 1.29 is 9.53 Å². The molecular weight excluding hydrogens is 250 g/mol. The van der Waals surface area contributed by atoms with Gasteiger partial charge in [-0.15, -0.1) is 0 Å². The molecule has 0 aliphatic heterocycles. The lowest BCUT2D eigenvalue weighted by Crippen LogP contribution is -2.11. The van der Waals surface area contributed by atoms with Crippen molar-refractivity contribution in [1.82, 2.24) is 0 Å². The van der Waals surface area contributed by atoms with Crippen LogP contribution in [0.5, 0.6) is 5.75 Å². The van der Waals surface area contributed by atoms with Crippen LogP contribution in [-0.2, 0) is 11.2 Å². The number of halogens is 1. The first-order chi connectivity index (χ1) is 8.63. The molecule has 0 aliphatic rings. The molecule has 0 fully saturated rings. The number of carbonyl (C=O) groups excluding carboxylic acids is 1. The number of hydrogen-bond donors (Lipinski definition) is 1. The second-order valence-corrected chi connectivity index (χ2v) is 4.28. The van der Waals surface area contributed by atoms with Gasteiger partial charge >= 0.3 is 5.97 Å². The number of rotatable bonds is 3. The summed E-state index contributed by atoms with van der Waals surface area (Å²) in [6.07, 6.45) is 0.211. The normalized spacial score (nSPS) is 10.1. The Morgan fingerprint density at radius 1 is 1.06 bits per heavy atom. The van der Waals surface area contributed by atoms with Crippen molar-refractivity contribution in [3.8, 4) is 5.75 Å². The predicted molar refractivity (Wildman–Crippen MR) is 71.6 cm³/mol. The van der Waals surface area contributed by atoms with E-state index in [-0.39, 0.29) is 12.4 Å². The molecule has 0 radical (unpaired) electrons. The summed E-state index contributed by atoms with van der Waals surface area (Å²) in [6, 6.07) is 13.8. The summed E-state index contributed by atoms with van der Waals surface area (Å²) in [7, 11) is 0. The van der Waals surface area contributed by atoms with E-state index in [4.69, 9.17) is 22.1 Å². The van der Waals surface area contributed by atoms with E-state index in [1.807, 2.05) is 0 Å². The largest absolute Gasteiger partial charge is 0.426 e. The van der Waals surface area contributed by atoms with Crippen LogP contribution < -0.4 is 10.5 Å². The maximum absolute atomic E-state index is 11.7. The minimum absolute atomic E-state index is 0.211. The third-order valence-electron chi connectivity index (χ3n) is 2.37. The van der Waals surface area contributed by atoms with E-state index in [1.54, 1.807) is 48.5 Å². The fraction of sp³-hybridized carbons (Fsp3) is 0.0714. The molecule has 0 aromatic heterocycles. The predicted octanol–water partition coefficient (Wildman–Crippen LogP) is 3.07. The van der Waals surface area contributed by atoms with Gasteiger partial charge in [-0.2, -0.15) is 0 Å². The summed E-state index contributed by atoms with van der Waals surface area (Å²) in [5.74, 6) is 0.168. The van der Waals surface area contributed by atoms with Gasteiger partial charge in [0.05, 0.1) is 6.42 Å². The maximum atomic E-state index is 11.7. The number of ether oxygens (including phenoxy) is 1. The van der Waals surface area contributed by atoms with E-state index in [2.05, 4.69) is 0 Å². The SMILES string of the molecule is Nc1ccc(CC(=O)Oc2ccc(Cl)cc2)cc1. The number of nitrogens with two attached hydrogens (primary N) is 1. The zero-order valence-corrected chi connectivity index (χ0v) is 10.4. The number of hydrogen-bond acceptors (Lipinski definition) is 3. The van der Waals surface area contributed by atoms with Crippen LogP contribution in [0.25, 0.3) is 0 Å². The van der Waals surface area contributed by atoms with Crippen LogP contribution in [0.2, 0.25) is 5.02 Å². The van der Waals surface area contributed by atoms with E-state index in [0.717, 1.165) is 5.56 Å². The van der Waals surface area contributed by atoms with Crippen molar-refractivity contribution in [2.24, 2.45) is 0 Å². The van der Waals surface area contributed by atoms with Crippen molar-refractivity contribution in [1.29, 1.82) is 0 Å². The van der Waals surface area contributed by atoms with Gasteiger partial charge in [-0.1, -0.05) is 23.7 Å². The number of benzene rings is 2. The van der Waals surface area contributed by atoms with Gasteiger partial charge in [0.15, 0.2) is 0 Å². The van der Waals surface area contributed by atoms with E-state index in [9.17, 15) is 4.79 Å². The first-order valence-corrected chi connectivity index (χ1v) is 5.82. The molecule has 0 amide bonds. The molecule has 0 atom stereocenters. The van der Waals surface area contributed by atoms with Gasteiger partial charge in [0, 0.05) is 10.7 Å². The summed E-state index contributed by atoms with van der Waals surface area (Å²) in [5.41, 5.74) is 7.10. The molecule has 2 aromatic rings. The Labute approximate surface area is 110 Å². The third kappa shape index (κ3) is 3.50. The minimum atomic E-state index is -0.318. The minimum Gasteiger partial charge on any atom is -0.426 e. The maximum Gasteiger partial charge on any atom is 0.315 e. The highest BCUT2D eigenvalue weighted by atomic mass is 35.5. The number of carbonyl (C=O) groups is 1. The molecule has 2 aromatic carbocycles. The number of anilines is 1. The molecule has 0 bridgehead atoms. The molecule has 0 saturated carbocycles. The van der Waals surface area contributed by atoms with Crippen molar-refractivity contribution in [2.45, 2.75) is 6.42 Å². The highest BCUT2D eigenvalue weighted by Crippen LogP contribution is 2.16. The highest BCUT2D eigenvalue weighted by molar-refractivity contribution is 6.30. The van der Waals surface area contributed by atoms with Crippen molar-refractivity contribution >= 4 is 23.3 Å². The Bertz CT molecular complexity index is 485. The van der Waals surface area contributed by atoms with Gasteiger partial charge in [-0.05, 0) is 42.0 Å². The first-order valence-electron chi connectivity index (χ1n) is 5.44. The topological polar surface area (TPSA) is 52.3 Å². The quantitative estimate of drug-likeness (QED) is 0.525. The molecule has 92 valence electrons. The molecular formula is C14H12ClNO2. The van der Waals surface area contributed by atoms with Crippen molar-refractivity contribution in [3.05, 3.63) is 59.1 Å². The lowest BCUT2D eigenvalue weighted by molar-refractivity contribution is -0.133. The van der Waals surface area contributed by atoms with Crippen LogP contribution in [-0.4, -0.2) is 5.97 Å². The Balaban J connectivity index is 1.96. The van der Waals surface area contributed by atoms with Gasteiger partial charge in [-0.25, -0.2) is 0 Å². The molecule has 0 saturated heterocycles. The zero-order chi connectivity index (χ0) is 13.0. The average molecular weight is 262 g/mol. The lowest BCUT2D eigenvalue weighted by atomic mass is 10.1. The molecule has 0 unspecified atom stereocenters. The summed E-state index contributed by atoms with van der Waals surface area (Å²) in [6.45, 7) is 0. The molecule has 4 heteroatoms. The van der Waals surface area contributed by atoms with Gasteiger partial charge in [-0.3, -0.25) is 4.79 Å². The fourth-order valence-electron chi connectivity index (χ4n) is 1.47. The Hall–Kier alpha value is -2.00. The summed E-state index contributed by atoms with van der Waals surface area (Å²) >= 11 is 5.74. The Morgan fingerprint density at radius 2 is 1.67 bits per heavy atom. The number of esters is 1.